The van der Waals surface area contributed by atoms with Crippen molar-refractivity contribution < 1.29 is 43.5 Å². The van der Waals surface area contributed by atoms with Crippen LogP contribution in [0.2, 0.25) is 0 Å². The molecule has 0 N–H and O–H groups in total. The van der Waals surface area contributed by atoms with Crippen molar-refractivity contribution in [2.45, 2.75) is 54.4 Å². The van der Waals surface area contributed by atoms with Crippen LogP contribution in [0, 0.1) is 6.92 Å². The van der Waals surface area contributed by atoms with Crippen LogP contribution in [0.1, 0.15) is 23.2 Å². The molecule has 0 radical (unpaired) electrons. The summed E-state index contributed by atoms with van der Waals surface area (Å²) in [6.45, 7) is -2.12. The number of aromatic nitrogens is 1. The third kappa shape index (κ3) is 4.32. The molecule has 1 aromatic carbocycles. The number of halogens is 6. The Morgan fingerprint density at radius 1 is 1.13 bits per heavy atom. The molecule has 14 heteroatoms. The van der Waals surface area contributed by atoms with Gasteiger partial charge in [-0.2, -0.15) is 22.0 Å². The largest absolute Gasteiger partial charge is 0.418 e. The summed E-state index contributed by atoms with van der Waals surface area (Å²) < 4.78 is 121. The van der Waals surface area contributed by atoms with E-state index in [4.69, 9.17) is 10.7 Å². The molecule has 3 rings (SSSR count). The maximum Gasteiger partial charge on any atom is 0.418 e. The Kier molecular flexibility index (Phi) is 5.96. The van der Waals surface area contributed by atoms with Gasteiger partial charge in [0.25, 0.3) is 19.1 Å². The first kappa shape index (κ1) is 24.0. The van der Waals surface area contributed by atoms with E-state index in [2.05, 4.69) is 4.74 Å². The molecule has 2 aromatic rings. The third-order valence-corrected chi connectivity index (χ3v) is 8.14. The average molecular weight is 508 g/mol. The molecular formula is C17H15ClF5NO5S2. The summed E-state index contributed by atoms with van der Waals surface area (Å²) in [5.41, 5.74) is -3.63. The zero-order chi connectivity index (χ0) is 23.4. The van der Waals surface area contributed by atoms with Gasteiger partial charge in [-0.3, -0.25) is 0 Å². The maximum atomic E-state index is 13.7. The molecule has 0 bridgehead atoms. The molecular weight excluding hydrogens is 493 g/mol. The van der Waals surface area contributed by atoms with E-state index < -0.39 is 67.3 Å². The van der Waals surface area contributed by atoms with Crippen LogP contribution in [-0.4, -0.2) is 39.2 Å². The number of alkyl halides is 5. The van der Waals surface area contributed by atoms with Crippen LogP contribution in [0.15, 0.2) is 40.3 Å². The van der Waals surface area contributed by atoms with E-state index in [0.717, 1.165) is 0 Å². The summed E-state index contributed by atoms with van der Waals surface area (Å²) in [5.74, 6) is 0. The zero-order valence-corrected chi connectivity index (χ0v) is 18.0. The molecule has 172 valence electrons. The van der Waals surface area contributed by atoms with Gasteiger partial charge in [-0.1, -0.05) is 17.7 Å². The number of benzene rings is 1. The number of fused-ring (bicyclic) bond motifs is 1. The van der Waals surface area contributed by atoms with Crippen LogP contribution in [0.4, 0.5) is 22.0 Å². The lowest BCUT2D eigenvalue weighted by Crippen LogP contribution is -2.53. The summed E-state index contributed by atoms with van der Waals surface area (Å²) in [5, 5.41) is 0. The van der Waals surface area contributed by atoms with Crippen molar-refractivity contribution in [1.82, 2.24) is 3.97 Å². The van der Waals surface area contributed by atoms with Crippen LogP contribution in [-0.2, 0) is 36.7 Å². The first-order valence-corrected chi connectivity index (χ1v) is 12.4. The number of hydrogen-bond acceptors (Lipinski definition) is 5. The fourth-order valence-electron chi connectivity index (χ4n) is 3.50. The van der Waals surface area contributed by atoms with E-state index in [1.54, 1.807) is 6.92 Å². The van der Waals surface area contributed by atoms with E-state index in [1.165, 1.54) is 24.3 Å². The molecule has 1 heterocycles. The van der Waals surface area contributed by atoms with Gasteiger partial charge >= 0.3 is 12.8 Å². The van der Waals surface area contributed by atoms with Crippen LogP contribution < -0.4 is 0 Å². The highest BCUT2D eigenvalue weighted by molar-refractivity contribution is 8.13. The molecule has 31 heavy (non-hydrogen) atoms. The van der Waals surface area contributed by atoms with E-state index in [-0.39, 0.29) is 10.5 Å². The fourth-order valence-corrected chi connectivity index (χ4v) is 6.13. The summed E-state index contributed by atoms with van der Waals surface area (Å²) in [6.07, 6.45) is -7.77. The Balaban J connectivity index is 2.27. The average Bonchev–Trinajstić information content (AvgIpc) is 3.00. The molecule has 0 fully saturated rings. The maximum absolute atomic E-state index is 13.7. The Morgan fingerprint density at radius 3 is 2.19 bits per heavy atom. The summed E-state index contributed by atoms with van der Waals surface area (Å²) in [7, 11) is -3.77. The summed E-state index contributed by atoms with van der Waals surface area (Å²) in [4.78, 5) is -1.04. The normalized spacial score (nSPS) is 20.1. The highest BCUT2D eigenvalue weighted by Gasteiger charge is 2.60. The minimum Gasteiger partial charge on any atom is -0.306 e. The number of ether oxygens (including phenoxy) is 1. The van der Waals surface area contributed by atoms with Crippen molar-refractivity contribution in [2.24, 2.45) is 0 Å². The highest BCUT2D eigenvalue weighted by atomic mass is 35.7. The fraction of sp³-hybridized carbons (Fsp3) is 0.412. The number of hydrogen-bond donors (Lipinski definition) is 0. The number of rotatable bonds is 5. The van der Waals surface area contributed by atoms with Gasteiger partial charge in [0.1, 0.15) is 4.90 Å². The van der Waals surface area contributed by atoms with Gasteiger partial charge in [-0.25, -0.2) is 20.8 Å². The Bertz CT molecular complexity index is 1210. The first-order valence-electron chi connectivity index (χ1n) is 8.61. The second kappa shape index (κ2) is 7.71. The molecule has 0 saturated heterocycles. The van der Waals surface area contributed by atoms with Crippen LogP contribution in [0.5, 0.6) is 0 Å². The second-order valence-electron chi connectivity index (χ2n) is 7.02. The lowest BCUT2D eigenvalue weighted by atomic mass is 9.83. The number of aryl methyl sites for hydroxylation is 1. The van der Waals surface area contributed by atoms with E-state index in [0.29, 0.717) is 15.7 Å². The standard InChI is InChI=1S/C17H15ClF5NO5S2/c1-10-2-4-11(5-3-10)31(27,28)24-9-14(30(18,25)26)12-6-7-16(8-13(12)24,17(21,22)23)29-15(19)20/h2-5,9,15H,6-8H2,1H3/t16-/m0/s1. The summed E-state index contributed by atoms with van der Waals surface area (Å²) >= 11 is 0. The van der Waals surface area contributed by atoms with Gasteiger partial charge in [0.05, 0.1) is 4.90 Å². The SMILES string of the molecule is Cc1ccc(S(=O)(=O)n2cc(S(=O)(=O)Cl)c3c2C[C@](OC(F)F)(C(F)(F)F)CC3)cc1. The predicted octanol–water partition coefficient (Wildman–Crippen LogP) is 3.99. The van der Waals surface area contributed by atoms with Crippen molar-refractivity contribution in [1.29, 1.82) is 0 Å². The topological polar surface area (TPSA) is 82.4 Å². The molecule has 1 atom stereocenters. The van der Waals surface area contributed by atoms with Crippen LogP contribution in [0.3, 0.4) is 0 Å². The van der Waals surface area contributed by atoms with Crippen molar-refractivity contribution in [2.75, 3.05) is 0 Å². The molecule has 0 aliphatic heterocycles. The monoisotopic (exact) mass is 507 g/mol. The molecule has 0 spiro atoms. The van der Waals surface area contributed by atoms with E-state index >= 15 is 0 Å². The third-order valence-electron chi connectivity index (χ3n) is 5.05. The zero-order valence-electron chi connectivity index (χ0n) is 15.7. The van der Waals surface area contributed by atoms with Crippen molar-refractivity contribution in [3.8, 4) is 0 Å². The lowest BCUT2D eigenvalue weighted by Gasteiger charge is -2.38. The van der Waals surface area contributed by atoms with Gasteiger partial charge in [0.2, 0.25) is 0 Å². The minimum absolute atomic E-state index is 0.288. The molecule has 0 unspecified atom stereocenters. The van der Waals surface area contributed by atoms with Crippen LogP contribution >= 0.6 is 10.7 Å². The van der Waals surface area contributed by atoms with Gasteiger partial charge in [0.15, 0.2) is 5.60 Å². The van der Waals surface area contributed by atoms with Gasteiger partial charge in [0, 0.05) is 29.0 Å². The first-order chi connectivity index (χ1) is 14.1. The molecule has 1 aliphatic carbocycles. The van der Waals surface area contributed by atoms with E-state index in [1.807, 2.05) is 0 Å². The van der Waals surface area contributed by atoms with Gasteiger partial charge in [-0.05, 0) is 37.5 Å². The highest BCUT2D eigenvalue weighted by Crippen LogP contribution is 2.47. The second-order valence-corrected chi connectivity index (χ2v) is 11.4. The Morgan fingerprint density at radius 2 is 1.71 bits per heavy atom. The summed E-state index contributed by atoms with van der Waals surface area (Å²) in [6, 6.07) is 5.23. The lowest BCUT2D eigenvalue weighted by molar-refractivity contribution is -0.330. The van der Waals surface area contributed by atoms with Gasteiger partial charge in [-0.15, -0.1) is 0 Å². The molecule has 6 nitrogen and oxygen atoms in total. The predicted molar refractivity (Wildman–Crippen MR) is 99.1 cm³/mol. The van der Waals surface area contributed by atoms with Crippen LogP contribution in [0.25, 0.3) is 0 Å². The Hall–Kier alpha value is -1.70. The smallest absolute Gasteiger partial charge is 0.306 e. The van der Waals surface area contributed by atoms with Gasteiger partial charge < -0.3 is 4.74 Å². The minimum atomic E-state index is -5.29. The Labute approximate surface area is 179 Å². The molecule has 0 saturated carbocycles. The van der Waals surface area contributed by atoms with Crippen molar-refractivity contribution in [3.05, 3.63) is 47.3 Å². The molecule has 1 aliphatic rings. The van der Waals surface area contributed by atoms with E-state index in [9.17, 15) is 38.8 Å². The van der Waals surface area contributed by atoms with Crippen molar-refractivity contribution >= 4 is 29.8 Å². The number of nitrogens with zero attached hydrogens (tertiary/aromatic N) is 1. The molecule has 0 amide bonds. The molecule has 1 aromatic heterocycles. The quantitative estimate of drug-likeness (QED) is 0.451. The van der Waals surface area contributed by atoms with Crippen molar-refractivity contribution in [3.63, 3.8) is 0 Å².